The highest BCUT2D eigenvalue weighted by atomic mass is 35.5. The van der Waals surface area contributed by atoms with E-state index < -0.39 is 5.91 Å². The van der Waals surface area contributed by atoms with Crippen molar-refractivity contribution < 1.29 is 4.79 Å². The van der Waals surface area contributed by atoms with Crippen LogP contribution in [0.4, 0.5) is 5.69 Å². The minimum absolute atomic E-state index is 0.0602. The van der Waals surface area contributed by atoms with Crippen LogP contribution in [0.3, 0.4) is 0 Å². The molecule has 98 valence electrons. The van der Waals surface area contributed by atoms with Gasteiger partial charge in [-0.25, -0.2) is 9.97 Å². The molecule has 8 heteroatoms. The van der Waals surface area contributed by atoms with E-state index in [0.717, 1.165) is 6.20 Å². The number of nitrogens with zero attached hydrogens (tertiary/aromatic N) is 2. The lowest BCUT2D eigenvalue weighted by Crippen LogP contribution is -2.18. The van der Waals surface area contributed by atoms with Crippen molar-refractivity contribution in [2.24, 2.45) is 0 Å². The molecule has 2 rings (SSSR count). The quantitative estimate of drug-likeness (QED) is 0.831. The second-order valence-corrected chi connectivity index (χ2v) is 4.42. The van der Waals surface area contributed by atoms with Crippen molar-refractivity contribution in [2.75, 3.05) is 5.32 Å². The lowest BCUT2D eigenvalue weighted by molar-refractivity contribution is 0.102. The number of halogens is 2. The van der Waals surface area contributed by atoms with Gasteiger partial charge in [0.05, 0.1) is 11.9 Å². The molecule has 19 heavy (non-hydrogen) atoms. The van der Waals surface area contributed by atoms with Crippen LogP contribution in [0.5, 0.6) is 0 Å². The SMILES string of the molecule is Cc1cc(Cl)nc(Cl)c1NC(=O)c1c[nH]c(=O)cn1. The Bertz CT molecular complexity index is 656. The molecule has 1 amide bonds. The molecule has 0 saturated carbocycles. The molecule has 2 aromatic heterocycles. The first-order valence-corrected chi connectivity index (χ1v) is 5.91. The third-order valence-corrected chi connectivity index (χ3v) is 2.75. The van der Waals surface area contributed by atoms with Gasteiger partial charge in [-0.1, -0.05) is 23.2 Å². The number of aryl methyl sites for hydroxylation is 1. The Morgan fingerprint density at radius 1 is 1.42 bits per heavy atom. The smallest absolute Gasteiger partial charge is 0.275 e. The minimum atomic E-state index is -0.509. The zero-order chi connectivity index (χ0) is 14.0. The van der Waals surface area contributed by atoms with Crippen LogP contribution in [0.1, 0.15) is 16.1 Å². The standard InChI is InChI=1S/C11H8Cl2N4O2/c1-5-2-7(12)16-10(13)9(5)17-11(19)6-3-15-8(18)4-14-6/h2-4H,1H3,(H,15,18)(H,17,19). The van der Waals surface area contributed by atoms with Gasteiger partial charge in [-0.3, -0.25) is 9.59 Å². The summed E-state index contributed by atoms with van der Waals surface area (Å²) in [5, 5.41) is 2.89. The summed E-state index contributed by atoms with van der Waals surface area (Å²) in [5.74, 6) is -0.509. The fraction of sp³-hybridized carbons (Fsp3) is 0.0909. The van der Waals surface area contributed by atoms with Crippen molar-refractivity contribution >= 4 is 34.8 Å². The lowest BCUT2D eigenvalue weighted by atomic mass is 10.2. The molecule has 0 bridgehead atoms. The maximum Gasteiger partial charge on any atom is 0.275 e. The first kappa shape index (κ1) is 13.5. The van der Waals surface area contributed by atoms with Crippen LogP contribution in [0.15, 0.2) is 23.3 Å². The number of amides is 1. The van der Waals surface area contributed by atoms with E-state index in [2.05, 4.69) is 20.3 Å². The second kappa shape index (κ2) is 5.38. The number of anilines is 1. The van der Waals surface area contributed by atoms with E-state index in [4.69, 9.17) is 23.2 Å². The molecule has 0 aliphatic heterocycles. The minimum Gasteiger partial charge on any atom is -0.325 e. The number of H-pyrrole nitrogens is 1. The van der Waals surface area contributed by atoms with Crippen molar-refractivity contribution in [1.29, 1.82) is 0 Å². The molecule has 0 aliphatic carbocycles. The highest BCUT2D eigenvalue weighted by Gasteiger charge is 2.13. The van der Waals surface area contributed by atoms with E-state index in [0.29, 0.717) is 11.3 Å². The average Bonchev–Trinajstić information content (AvgIpc) is 2.34. The van der Waals surface area contributed by atoms with Gasteiger partial charge in [-0.05, 0) is 18.6 Å². The first-order chi connectivity index (χ1) is 8.97. The van der Waals surface area contributed by atoms with Crippen molar-refractivity contribution in [3.8, 4) is 0 Å². The summed E-state index contributed by atoms with van der Waals surface area (Å²) in [4.78, 5) is 32.6. The molecule has 2 aromatic rings. The van der Waals surface area contributed by atoms with Crippen LogP contribution in [0.2, 0.25) is 10.3 Å². The number of pyridine rings is 1. The summed E-state index contributed by atoms with van der Waals surface area (Å²) in [7, 11) is 0. The van der Waals surface area contributed by atoms with Crippen LogP contribution >= 0.6 is 23.2 Å². The normalized spacial score (nSPS) is 10.3. The molecule has 0 unspecified atom stereocenters. The third-order valence-electron chi connectivity index (χ3n) is 2.28. The zero-order valence-electron chi connectivity index (χ0n) is 9.70. The van der Waals surface area contributed by atoms with Gasteiger partial charge in [0.25, 0.3) is 11.5 Å². The Kier molecular flexibility index (Phi) is 3.82. The first-order valence-electron chi connectivity index (χ1n) is 5.16. The van der Waals surface area contributed by atoms with Crippen molar-refractivity contribution in [3.63, 3.8) is 0 Å². The third kappa shape index (κ3) is 3.10. The van der Waals surface area contributed by atoms with E-state index in [9.17, 15) is 9.59 Å². The molecule has 2 heterocycles. The maximum atomic E-state index is 11.9. The average molecular weight is 299 g/mol. The van der Waals surface area contributed by atoms with Crippen LogP contribution in [-0.2, 0) is 0 Å². The topological polar surface area (TPSA) is 87.7 Å². The van der Waals surface area contributed by atoms with Gasteiger partial charge >= 0.3 is 0 Å². The molecule has 0 spiro atoms. The van der Waals surface area contributed by atoms with Gasteiger partial charge in [0.1, 0.15) is 10.8 Å². The Balaban J connectivity index is 2.29. The molecule has 0 saturated heterocycles. The zero-order valence-corrected chi connectivity index (χ0v) is 11.2. The number of rotatable bonds is 2. The fourth-order valence-electron chi connectivity index (χ4n) is 1.39. The van der Waals surface area contributed by atoms with Gasteiger partial charge < -0.3 is 10.3 Å². The second-order valence-electron chi connectivity index (χ2n) is 3.68. The lowest BCUT2D eigenvalue weighted by Gasteiger charge is -2.09. The number of carbonyl (C=O) groups is 1. The van der Waals surface area contributed by atoms with Crippen LogP contribution < -0.4 is 10.9 Å². The summed E-state index contributed by atoms with van der Waals surface area (Å²) in [6.45, 7) is 1.73. The number of hydrogen-bond donors (Lipinski definition) is 2. The molecule has 0 aromatic carbocycles. The Morgan fingerprint density at radius 3 is 2.74 bits per heavy atom. The number of hydrogen-bond acceptors (Lipinski definition) is 4. The molecule has 0 aliphatic rings. The van der Waals surface area contributed by atoms with E-state index in [1.165, 1.54) is 6.20 Å². The van der Waals surface area contributed by atoms with Gasteiger partial charge in [-0.15, -0.1) is 0 Å². The summed E-state index contributed by atoms with van der Waals surface area (Å²) in [5.41, 5.74) is 0.691. The van der Waals surface area contributed by atoms with Gasteiger partial charge in [0, 0.05) is 6.20 Å². The van der Waals surface area contributed by atoms with E-state index in [1.807, 2.05) is 0 Å². The molecule has 0 radical (unpaired) electrons. The van der Waals surface area contributed by atoms with Crippen molar-refractivity contribution in [3.05, 3.63) is 50.4 Å². The van der Waals surface area contributed by atoms with Crippen molar-refractivity contribution in [2.45, 2.75) is 6.92 Å². The van der Waals surface area contributed by atoms with E-state index in [-0.39, 0.29) is 21.6 Å². The van der Waals surface area contributed by atoms with Crippen LogP contribution in [0, 0.1) is 6.92 Å². The summed E-state index contributed by atoms with van der Waals surface area (Å²) >= 11 is 11.6. The Labute approximate surface area is 117 Å². The van der Waals surface area contributed by atoms with Crippen LogP contribution in [-0.4, -0.2) is 20.9 Å². The molecule has 0 fully saturated rings. The molecule has 0 atom stereocenters. The summed E-state index contributed by atoms with van der Waals surface area (Å²) in [6, 6.07) is 1.57. The highest BCUT2D eigenvalue weighted by Crippen LogP contribution is 2.26. The van der Waals surface area contributed by atoms with Gasteiger partial charge in [0.2, 0.25) is 0 Å². The van der Waals surface area contributed by atoms with Gasteiger partial charge in [-0.2, -0.15) is 0 Å². The monoisotopic (exact) mass is 298 g/mol. The number of carbonyl (C=O) groups excluding carboxylic acids is 1. The fourth-order valence-corrected chi connectivity index (χ4v) is 1.97. The van der Waals surface area contributed by atoms with Gasteiger partial charge in [0.15, 0.2) is 5.15 Å². The van der Waals surface area contributed by atoms with E-state index in [1.54, 1.807) is 13.0 Å². The van der Waals surface area contributed by atoms with E-state index >= 15 is 0 Å². The summed E-state index contributed by atoms with van der Waals surface area (Å²) in [6.07, 6.45) is 2.23. The molecule has 2 N–H and O–H groups in total. The molecule has 6 nitrogen and oxygen atoms in total. The Hall–Kier alpha value is -1.92. The number of nitrogens with one attached hydrogen (secondary N) is 2. The maximum absolute atomic E-state index is 11.9. The predicted molar refractivity (Wildman–Crippen MR) is 71.8 cm³/mol. The predicted octanol–water partition coefficient (Wildman–Crippen LogP) is 2.03. The summed E-state index contributed by atoms with van der Waals surface area (Å²) < 4.78 is 0. The largest absolute Gasteiger partial charge is 0.325 e. The molecular formula is C11H8Cl2N4O2. The Morgan fingerprint density at radius 2 is 2.16 bits per heavy atom. The molecular weight excluding hydrogens is 291 g/mol. The van der Waals surface area contributed by atoms with Crippen molar-refractivity contribution in [1.82, 2.24) is 15.0 Å². The van der Waals surface area contributed by atoms with Crippen LogP contribution in [0.25, 0.3) is 0 Å². The number of aromatic amines is 1. The number of aromatic nitrogens is 3. The highest BCUT2D eigenvalue weighted by molar-refractivity contribution is 6.35.